The van der Waals surface area contributed by atoms with Crippen LogP contribution in [0, 0.1) is 13.8 Å². The summed E-state index contributed by atoms with van der Waals surface area (Å²) in [5.74, 6) is 0. The van der Waals surface area contributed by atoms with Gasteiger partial charge in [-0.1, -0.05) is 129 Å². The molecule has 0 heteroatoms. The van der Waals surface area contributed by atoms with Gasteiger partial charge < -0.3 is 0 Å². The second kappa shape index (κ2) is 22.7. The molecule has 142 valence electrons. The quantitative estimate of drug-likeness (QED) is 0.154. The fourth-order valence-electron chi connectivity index (χ4n) is 3.23. The molecule has 0 bridgehead atoms. The number of hydrogen-bond donors (Lipinski definition) is 0. The van der Waals surface area contributed by atoms with Crippen molar-refractivity contribution >= 4 is 0 Å². The molecule has 0 nitrogen and oxygen atoms in total. The topological polar surface area (TPSA) is 0 Å². The second-order valence-electron chi connectivity index (χ2n) is 7.41. The van der Waals surface area contributed by atoms with Crippen molar-refractivity contribution in [2.75, 3.05) is 0 Å². The van der Waals surface area contributed by atoms with Crippen molar-refractivity contribution in [3.05, 3.63) is 26.0 Å². The first-order valence-electron chi connectivity index (χ1n) is 11.1. The van der Waals surface area contributed by atoms with E-state index >= 15 is 0 Å². The molecule has 0 saturated heterocycles. The number of rotatable bonds is 20. The van der Waals surface area contributed by atoms with E-state index in [0.29, 0.717) is 0 Å². The molecule has 0 rings (SSSR count). The Kier molecular flexibility index (Phi) is 22.5. The van der Waals surface area contributed by atoms with Gasteiger partial charge in [0.15, 0.2) is 0 Å². The lowest BCUT2D eigenvalue weighted by Crippen LogP contribution is -1.81. The van der Waals surface area contributed by atoms with Crippen LogP contribution in [0.3, 0.4) is 0 Å². The zero-order chi connectivity index (χ0) is 17.6. The first-order chi connectivity index (χ1) is 11.9. The van der Waals surface area contributed by atoms with Gasteiger partial charge in [-0.25, -0.2) is 0 Å². The molecule has 0 saturated carbocycles. The van der Waals surface area contributed by atoms with Gasteiger partial charge in [0, 0.05) is 0 Å². The maximum Gasteiger partial charge on any atom is -0.0351 e. The Labute approximate surface area is 154 Å². The standard InChI is InChI=1S/C24H46/c1-3-5-7-9-11-13-15-17-19-21-23-24-22-20-18-16-14-12-10-8-6-4-2/h23-24H,1-22H2. The highest BCUT2D eigenvalue weighted by Crippen LogP contribution is 2.12. The largest absolute Gasteiger partial charge is 0.0885 e. The second-order valence-corrected chi connectivity index (χ2v) is 7.41. The van der Waals surface area contributed by atoms with Crippen LogP contribution in [0.4, 0.5) is 0 Å². The van der Waals surface area contributed by atoms with Crippen molar-refractivity contribution in [3.8, 4) is 0 Å². The predicted octanol–water partition coefficient (Wildman–Crippen LogP) is 9.01. The molecule has 0 heterocycles. The Balaban J connectivity index is 3.04. The molecule has 0 fully saturated rings. The molecule has 2 radical (unpaired) electrons. The molecular formula is C24H46. The van der Waals surface area contributed by atoms with Gasteiger partial charge in [-0.15, -0.1) is 0 Å². The van der Waals surface area contributed by atoms with Crippen LogP contribution in [-0.4, -0.2) is 0 Å². The van der Waals surface area contributed by atoms with Gasteiger partial charge in [0.05, 0.1) is 0 Å². The molecule has 0 aromatic heterocycles. The summed E-state index contributed by atoms with van der Waals surface area (Å²) >= 11 is 0. The van der Waals surface area contributed by atoms with Gasteiger partial charge in [0.2, 0.25) is 0 Å². The fourth-order valence-corrected chi connectivity index (χ4v) is 3.23. The number of allylic oxidation sites excluding steroid dienone is 2. The Hall–Kier alpha value is -0.260. The highest BCUT2D eigenvalue weighted by Gasteiger charge is 1.92. The summed E-state index contributed by atoms with van der Waals surface area (Å²) in [6.07, 6.45) is 32.2. The van der Waals surface area contributed by atoms with E-state index in [-0.39, 0.29) is 0 Å². The SMILES string of the molecule is [CH2]CCCCCCCCCCC=CCCCCCCCCCC[CH2]. The Morgan fingerprint density at radius 2 is 0.583 bits per heavy atom. The maximum atomic E-state index is 3.90. The van der Waals surface area contributed by atoms with Gasteiger partial charge in [-0.05, 0) is 25.7 Å². The van der Waals surface area contributed by atoms with Crippen LogP contribution >= 0.6 is 0 Å². The molecule has 24 heavy (non-hydrogen) atoms. The molecule has 0 spiro atoms. The molecule has 0 aliphatic carbocycles. The lowest BCUT2D eigenvalue weighted by molar-refractivity contribution is 0.568. The molecule has 0 aliphatic rings. The van der Waals surface area contributed by atoms with E-state index < -0.39 is 0 Å². The molecule has 0 atom stereocenters. The van der Waals surface area contributed by atoms with Gasteiger partial charge >= 0.3 is 0 Å². The van der Waals surface area contributed by atoms with Gasteiger partial charge in [0.1, 0.15) is 0 Å². The van der Waals surface area contributed by atoms with E-state index in [1.807, 2.05) is 0 Å². The zero-order valence-corrected chi connectivity index (χ0v) is 16.7. The van der Waals surface area contributed by atoms with E-state index in [2.05, 4.69) is 26.0 Å². The molecule has 0 unspecified atom stereocenters. The van der Waals surface area contributed by atoms with Crippen molar-refractivity contribution in [1.82, 2.24) is 0 Å². The monoisotopic (exact) mass is 334 g/mol. The van der Waals surface area contributed by atoms with Crippen LogP contribution in [0.5, 0.6) is 0 Å². The highest BCUT2D eigenvalue weighted by atomic mass is 14.0. The van der Waals surface area contributed by atoms with Crippen LogP contribution in [0.1, 0.15) is 128 Å². The smallest absolute Gasteiger partial charge is 0.0351 e. The molecule has 0 aromatic rings. The molecule has 0 N–H and O–H groups in total. The molecule has 0 amide bonds. The summed E-state index contributed by atoms with van der Waals surface area (Å²) in [6.45, 7) is 7.79. The third-order valence-electron chi connectivity index (χ3n) is 4.91. The minimum Gasteiger partial charge on any atom is -0.0885 e. The normalized spacial score (nSPS) is 11.6. The average Bonchev–Trinajstić information content (AvgIpc) is 2.60. The minimum absolute atomic E-state index is 1.11. The van der Waals surface area contributed by atoms with Crippen LogP contribution < -0.4 is 0 Å². The third kappa shape index (κ3) is 21.7. The van der Waals surface area contributed by atoms with Gasteiger partial charge in [-0.2, -0.15) is 0 Å². The summed E-state index contributed by atoms with van der Waals surface area (Å²) in [5.41, 5.74) is 0. The van der Waals surface area contributed by atoms with E-state index in [1.54, 1.807) is 0 Å². The van der Waals surface area contributed by atoms with Crippen molar-refractivity contribution < 1.29 is 0 Å². The van der Waals surface area contributed by atoms with Crippen molar-refractivity contribution in [2.45, 2.75) is 128 Å². The third-order valence-corrected chi connectivity index (χ3v) is 4.91. The van der Waals surface area contributed by atoms with Gasteiger partial charge in [-0.3, -0.25) is 0 Å². The van der Waals surface area contributed by atoms with Crippen LogP contribution in [0.2, 0.25) is 0 Å². The van der Waals surface area contributed by atoms with Crippen LogP contribution in [0.25, 0.3) is 0 Å². The first-order valence-corrected chi connectivity index (χ1v) is 11.1. The van der Waals surface area contributed by atoms with E-state index in [4.69, 9.17) is 0 Å². The highest BCUT2D eigenvalue weighted by molar-refractivity contribution is 4.81. The lowest BCUT2D eigenvalue weighted by atomic mass is 10.1. The zero-order valence-electron chi connectivity index (χ0n) is 16.7. The summed E-state index contributed by atoms with van der Waals surface area (Å²) in [4.78, 5) is 0. The molecule has 0 aromatic carbocycles. The Morgan fingerprint density at radius 3 is 0.875 bits per heavy atom. The van der Waals surface area contributed by atoms with Crippen LogP contribution in [0.15, 0.2) is 12.2 Å². The summed E-state index contributed by atoms with van der Waals surface area (Å²) in [7, 11) is 0. The molecule has 0 aliphatic heterocycles. The summed E-state index contributed by atoms with van der Waals surface area (Å²) < 4.78 is 0. The van der Waals surface area contributed by atoms with Crippen molar-refractivity contribution in [3.63, 3.8) is 0 Å². The van der Waals surface area contributed by atoms with E-state index in [9.17, 15) is 0 Å². The van der Waals surface area contributed by atoms with Crippen molar-refractivity contribution in [1.29, 1.82) is 0 Å². The first kappa shape index (κ1) is 23.7. The number of hydrogen-bond acceptors (Lipinski definition) is 0. The van der Waals surface area contributed by atoms with E-state index in [1.165, 1.54) is 116 Å². The Bertz CT molecular complexity index is 204. The van der Waals surface area contributed by atoms with Gasteiger partial charge in [0.25, 0.3) is 0 Å². The summed E-state index contributed by atoms with van der Waals surface area (Å²) in [6, 6.07) is 0. The minimum atomic E-state index is 1.11. The Morgan fingerprint density at radius 1 is 0.333 bits per heavy atom. The lowest BCUT2D eigenvalue weighted by Gasteiger charge is -2.01. The maximum absolute atomic E-state index is 3.90. The van der Waals surface area contributed by atoms with E-state index in [0.717, 1.165) is 12.8 Å². The average molecular weight is 335 g/mol. The number of unbranched alkanes of at least 4 members (excludes halogenated alkanes) is 18. The van der Waals surface area contributed by atoms with Crippen molar-refractivity contribution in [2.24, 2.45) is 0 Å². The fraction of sp³-hybridized carbons (Fsp3) is 0.833. The summed E-state index contributed by atoms with van der Waals surface area (Å²) in [5, 5.41) is 0. The predicted molar refractivity (Wildman–Crippen MR) is 112 cm³/mol. The van der Waals surface area contributed by atoms with Crippen LogP contribution in [-0.2, 0) is 0 Å². The molecular weight excluding hydrogens is 288 g/mol.